The van der Waals surface area contributed by atoms with E-state index in [0.29, 0.717) is 0 Å². The van der Waals surface area contributed by atoms with Crippen molar-refractivity contribution in [2.75, 3.05) is 13.2 Å². The van der Waals surface area contributed by atoms with Gasteiger partial charge in [-0.2, -0.15) is 0 Å². The van der Waals surface area contributed by atoms with Gasteiger partial charge in [0.1, 0.15) is 6.61 Å². The van der Waals surface area contributed by atoms with Crippen molar-refractivity contribution < 1.29 is 4.74 Å². The van der Waals surface area contributed by atoms with Gasteiger partial charge in [0.05, 0.1) is 12.1 Å². The number of piperidine rings is 1. The minimum atomic E-state index is -0.594. The molecular formula is C24H31N2OP. The fourth-order valence-corrected chi connectivity index (χ4v) is 6.64. The maximum Gasteiger partial charge on any atom is 0.201 e. The average Bonchev–Trinajstić information content (AvgIpc) is 3.21. The van der Waals surface area contributed by atoms with Crippen LogP contribution in [-0.2, 0) is 4.74 Å². The molecule has 4 rings (SSSR count). The number of hydrogen-bond donors (Lipinski definition) is 0. The number of nitrogens with zero attached hydrogens (tertiary/aromatic N) is 2. The molecule has 0 aromatic heterocycles. The number of ether oxygens (including phenoxy) is 1. The second-order valence-electron chi connectivity index (χ2n) is 8.82. The summed E-state index contributed by atoms with van der Waals surface area (Å²) >= 11 is 0. The molecule has 0 radical (unpaired) electrons. The Morgan fingerprint density at radius 3 is 2.07 bits per heavy atom. The van der Waals surface area contributed by atoms with Gasteiger partial charge in [0.15, 0.2) is 0 Å². The second-order valence-corrected chi connectivity index (χ2v) is 11.0. The zero-order valence-electron chi connectivity index (χ0n) is 17.2. The Morgan fingerprint density at radius 1 is 0.929 bits per heavy atom. The van der Waals surface area contributed by atoms with Crippen LogP contribution >= 0.6 is 8.07 Å². The van der Waals surface area contributed by atoms with Gasteiger partial charge in [0.25, 0.3) is 0 Å². The lowest BCUT2D eigenvalue weighted by Crippen LogP contribution is -2.45. The molecule has 2 aliphatic heterocycles. The van der Waals surface area contributed by atoms with Crippen LogP contribution in [-0.4, -0.2) is 35.8 Å². The number of hydrogen-bond acceptors (Lipinski definition) is 3. The van der Waals surface area contributed by atoms with Gasteiger partial charge >= 0.3 is 0 Å². The van der Waals surface area contributed by atoms with E-state index in [-0.39, 0.29) is 17.5 Å². The van der Waals surface area contributed by atoms with Crippen LogP contribution in [0.25, 0.3) is 0 Å². The van der Waals surface area contributed by atoms with E-state index in [1.54, 1.807) is 0 Å². The van der Waals surface area contributed by atoms with Crippen LogP contribution in [0.2, 0.25) is 0 Å². The van der Waals surface area contributed by atoms with Crippen molar-refractivity contribution in [3.8, 4) is 0 Å². The van der Waals surface area contributed by atoms with Crippen molar-refractivity contribution in [3.63, 3.8) is 0 Å². The highest BCUT2D eigenvalue weighted by Crippen LogP contribution is 2.44. The molecule has 28 heavy (non-hydrogen) atoms. The topological polar surface area (TPSA) is 24.8 Å². The quantitative estimate of drug-likeness (QED) is 0.700. The van der Waals surface area contributed by atoms with Crippen molar-refractivity contribution in [1.82, 2.24) is 4.67 Å². The minimum Gasteiger partial charge on any atom is -0.478 e. The van der Waals surface area contributed by atoms with Crippen LogP contribution < -0.4 is 10.6 Å². The third-order valence-corrected chi connectivity index (χ3v) is 8.26. The summed E-state index contributed by atoms with van der Waals surface area (Å²) in [7, 11) is -0.594. The highest BCUT2D eigenvalue weighted by molar-refractivity contribution is 7.70. The summed E-state index contributed by atoms with van der Waals surface area (Å²) in [5.41, 5.74) is 0.144. The molecule has 2 aliphatic rings. The Labute approximate surface area is 170 Å². The SMILES string of the molecule is CC(C)(C)[C@H]1COC([C@@H]2CCCCN2P(c2ccccc2)c2ccccc2)=N1. The van der Waals surface area contributed by atoms with Crippen LogP contribution in [0.1, 0.15) is 40.0 Å². The predicted octanol–water partition coefficient (Wildman–Crippen LogP) is 4.73. The van der Waals surface area contributed by atoms with Crippen LogP contribution in [0.5, 0.6) is 0 Å². The van der Waals surface area contributed by atoms with Gasteiger partial charge in [0, 0.05) is 14.6 Å². The van der Waals surface area contributed by atoms with E-state index in [0.717, 1.165) is 25.5 Å². The van der Waals surface area contributed by atoms with E-state index < -0.39 is 8.07 Å². The van der Waals surface area contributed by atoms with Crippen molar-refractivity contribution in [1.29, 1.82) is 0 Å². The van der Waals surface area contributed by atoms with Crippen LogP contribution in [0.15, 0.2) is 65.7 Å². The summed E-state index contributed by atoms with van der Waals surface area (Å²) in [5, 5.41) is 2.81. The number of benzene rings is 2. The van der Waals surface area contributed by atoms with Gasteiger partial charge in [-0.15, -0.1) is 0 Å². The van der Waals surface area contributed by atoms with E-state index in [9.17, 15) is 0 Å². The Hall–Kier alpha value is -1.70. The molecule has 3 nitrogen and oxygen atoms in total. The van der Waals surface area contributed by atoms with Gasteiger partial charge in [0.2, 0.25) is 5.90 Å². The molecule has 2 aromatic rings. The van der Waals surface area contributed by atoms with E-state index in [2.05, 4.69) is 86.1 Å². The summed E-state index contributed by atoms with van der Waals surface area (Å²) in [5.74, 6) is 0.971. The first-order valence-corrected chi connectivity index (χ1v) is 11.7. The van der Waals surface area contributed by atoms with Crippen LogP contribution in [0, 0.1) is 5.41 Å². The molecular weight excluding hydrogens is 363 g/mol. The first kappa shape index (κ1) is 19.6. The van der Waals surface area contributed by atoms with Gasteiger partial charge in [-0.3, -0.25) is 4.67 Å². The van der Waals surface area contributed by atoms with Crippen molar-refractivity contribution >= 4 is 24.6 Å². The highest BCUT2D eigenvalue weighted by Gasteiger charge is 2.39. The first-order chi connectivity index (χ1) is 13.5. The fraction of sp³-hybridized carbons (Fsp3) is 0.458. The van der Waals surface area contributed by atoms with Crippen LogP contribution in [0.4, 0.5) is 0 Å². The molecule has 1 fully saturated rings. The third-order valence-electron chi connectivity index (χ3n) is 5.69. The Morgan fingerprint density at radius 2 is 1.54 bits per heavy atom. The minimum absolute atomic E-state index is 0.144. The smallest absolute Gasteiger partial charge is 0.201 e. The Kier molecular flexibility index (Phi) is 5.85. The lowest BCUT2D eigenvalue weighted by molar-refractivity contribution is 0.217. The van der Waals surface area contributed by atoms with Crippen molar-refractivity contribution in [2.45, 2.75) is 52.1 Å². The molecule has 0 amide bonds. The van der Waals surface area contributed by atoms with Gasteiger partial charge < -0.3 is 4.74 Å². The zero-order chi connectivity index (χ0) is 19.6. The maximum atomic E-state index is 6.20. The number of aliphatic imine (C=N–C) groups is 1. The normalized spacial score (nSPS) is 23.5. The standard InChI is InChI=1S/C24H31N2OP/c1-24(2,3)22-18-27-23(25-22)21-16-10-11-17-26(21)28(19-12-6-4-7-13-19)20-14-8-5-9-15-20/h4-9,12-15,21-22H,10-11,16-18H2,1-3H3/t21-,22+/m0/s1. The predicted molar refractivity (Wildman–Crippen MR) is 120 cm³/mol. The van der Waals surface area contributed by atoms with E-state index in [4.69, 9.17) is 9.73 Å². The molecule has 4 heteroatoms. The molecule has 0 unspecified atom stereocenters. The molecule has 2 aromatic carbocycles. The molecule has 0 aliphatic carbocycles. The molecule has 1 saturated heterocycles. The summed E-state index contributed by atoms with van der Waals surface area (Å²) in [6.07, 6.45) is 3.62. The number of rotatable bonds is 4. The van der Waals surface area contributed by atoms with E-state index in [1.165, 1.54) is 23.5 Å². The Balaban J connectivity index is 1.70. The third kappa shape index (κ3) is 4.16. The maximum absolute atomic E-state index is 6.20. The van der Waals surface area contributed by atoms with Gasteiger partial charge in [-0.05, 0) is 28.9 Å². The first-order valence-electron chi connectivity index (χ1n) is 10.4. The van der Waals surface area contributed by atoms with Gasteiger partial charge in [-0.25, -0.2) is 4.99 Å². The molecule has 0 N–H and O–H groups in total. The van der Waals surface area contributed by atoms with E-state index in [1.807, 2.05) is 0 Å². The molecule has 148 valence electrons. The molecule has 2 atom stereocenters. The lowest BCUT2D eigenvalue weighted by Gasteiger charge is -2.40. The van der Waals surface area contributed by atoms with Gasteiger partial charge in [-0.1, -0.05) is 87.9 Å². The Bertz CT molecular complexity index is 761. The summed E-state index contributed by atoms with van der Waals surface area (Å²) in [6, 6.07) is 22.5. The summed E-state index contributed by atoms with van der Waals surface area (Å²) in [4.78, 5) is 5.07. The van der Waals surface area contributed by atoms with Crippen LogP contribution in [0.3, 0.4) is 0 Å². The van der Waals surface area contributed by atoms with Crippen molar-refractivity contribution in [3.05, 3.63) is 60.7 Å². The zero-order valence-corrected chi connectivity index (χ0v) is 18.1. The molecule has 0 bridgehead atoms. The van der Waals surface area contributed by atoms with Crippen molar-refractivity contribution in [2.24, 2.45) is 10.4 Å². The summed E-state index contributed by atoms with van der Waals surface area (Å²) < 4.78 is 8.89. The fourth-order valence-electron chi connectivity index (χ4n) is 4.01. The lowest BCUT2D eigenvalue weighted by atomic mass is 9.88. The highest BCUT2D eigenvalue weighted by atomic mass is 31.1. The summed E-state index contributed by atoms with van der Waals surface area (Å²) in [6.45, 7) is 8.59. The van der Waals surface area contributed by atoms with E-state index >= 15 is 0 Å². The average molecular weight is 394 g/mol. The second kappa shape index (κ2) is 8.35. The molecule has 2 heterocycles. The molecule has 0 spiro atoms. The molecule has 0 saturated carbocycles. The monoisotopic (exact) mass is 394 g/mol. The largest absolute Gasteiger partial charge is 0.478 e.